The molecule has 0 aromatic carbocycles. The molecule has 0 radical (unpaired) electrons. The van der Waals surface area contributed by atoms with E-state index in [1.165, 1.54) is 11.1 Å². The monoisotopic (exact) mass is 205 g/mol. The molecule has 0 aliphatic carbocycles. The fourth-order valence-electron chi connectivity index (χ4n) is 1.70. The first-order chi connectivity index (χ1) is 6.62. The maximum absolute atomic E-state index is 4.51. The molecule has 0 atom stereocenters. The number of pyridine rings is 1. The molecule has 1 aromatic rings. The van der Waals surface area contributed by atoms with Crippen LogP contribution in [-0.2, 0) is 10.8 Å². The molecule has 0 fully saturated rings. The molecule has 1 heterocycles. The Labute approximate surface area is 93.9 Å². The quantitative estimate of drug-likeness (QED) is 0.624. The second-order valence-corrected chi connectivity index (χ2v) is 6.36. The lowest BCUT2D eigenvalue weighted by atomic mass is 9.81. The van der Waals surface area contributed by atoms with E-state index in [1.807, 2.05) is 6.20 Å². The molecular formula is C14H23N. The lowest BCUT2D eigenvalue weighted by molar-refractivity contribution is 0.559. The number of aromatic nitrogens is 1. The molecule has 0 saturated carbocycles. The summed E-state index contributed by atoms with van der Waals surface area (Å²) >= 11 is 0. The van der Waals surface area contributed by atoms with Crippen molar-refractivity contribution in [1.82, 2.24) is 4.98 Å². The summed E-state index contributed by atoms with van der Waals surface area (Å²) in [6.07, 6.45) is 2.00. The van der Waals surface area contributed by atoms with E-state index in [4.69, 9.17) is 0 Å². The molecule has 0 bridgehead atoms. The van der Waals surface area contributed by atoms with Crippen LogP contribution in [0.3, 0.4) is 0 Å². The topological polar surface area (TPSA) is 12.9 Å². The van der Waals surface area contributed by atoms with Gasteiger partial charge in [0.2, 0.25) is 0 Å². The summed E-state index contributed by atoms with van der Waals surface area (Å²) in [5.41, 5.74) is 4.18. The number of aryl methyl sites for hydroxylation is 1. The van der Waals surface area contributed by atoms with Crippen LogP contribution in [0.1, 0.15) is 58.4 Å². The van der Waals surface area contributed by atoms with E-state index in [9.17, 15) is 0 Å². The molecule has 84 valence electrons. The summed E-state index contributed by atoms with van der Waals surface area (Å²) in [5, 5.41) is 0. The standard InChI is InChI=1S/C14H23N/c1-10-12(14(5,6)7)8-11(9-15-10)13(2,3)4/h8-9H,1-7H3. The molecule has 1 heteroatoms. The number of nitrogens with zero attached hydrogens (tertiary/aromatic N) is 1. The fraction of sp³-hybridized carbons (Fsp3) is 0.643. The van der Waals surface area contributed by atoms with Gasteiger partial charge >= 0.3 is 0 Å². The molecule has 0 amide bonds. The molecule has 1 rings (SSSR count). The first-order valence-corrected chi connectivity index (χ1v) is 5.60. The van der Waals surface area contributed by atoms with Gasteiger partial charge in [-0.05, 0) is 28.9 Å². The molecule has 0 unspecified atom stereocenters. The molecule has 15 heavy (non-hydrogen) atoms. The molecule has 0 saturated heterocycles. The zero-order valence-corrected chi connectivity index (χ0v) is 11.1. The van der Waals surface area contributed by atoms with Crippen molar-refractivity contribution in [3.05, 3.63) is 29.1 Å². The second kappa shape index (κ2) is 3.62. The van der Waals surface area contributed by atoms with Gasteiger partial charge in [-0.1, -0.05) is 47.6 Å². The lowest BCUT2D eigenvalue weighted by Gasteiger charge is -2.25. The summed E-state index contributed by atoms with van der Waals surface area (Å²) in [4.78, 5) is 4.51. The largest absolute Gasteiger partial charge is 0.261 e. The van der Waals surface area contributed by atoms with Gasteiger partial charge in [0.05, 0.1) is 0 Å². The Kier molecular flexibility index (Phi) is 2.95. The first-order valence-electron chi connectivity index (χ1n) is 5.60. The van der Waals surface area contributed by atoms with Gasteiger partial charge in [0.15, 0.2) is 0 Å². The normalized spacial score (nSPS) is 13.0. The fourth-order valence-corrected chi connectivity index (χ4v) is 1.70. The molecule has 0 aliphatic heterocycles. The van der Waals surface area contributed by atoms with Crippen LogP contribution in [0, 0.1) is 6.92 Å². The maximum Gasteiger partial charge on any atom is 0.0410 e. The van der Waals surface area contributed by atoms with Crippen LogP contribution in [0.5, 0.6) is 0 Å². The highest BCUT2D eigenvalue weighted by Gasteiger charge is 2.21. The zero-order chi connectivity index (χ0) is 11.9. The summed E-state index contributed by atoms with van der Waals surface area (Å²) in [6, 6.07) is 2.31. The van der Waals surface area contributed by atoms with Crippen molar-refractivity contribution in [3.63, 3.8) is 0 Å². The molecule has 0 N–H and O–H groups in total. The molecule has 1 aromatic heterocycles. The van der Waals surface area contributed by atoms with E-state index >= 15 is 0 Å². The van der Waals surface area contributed by atoms with E-state index in [-0.39, 0.29) is 10.8 Å². The molecular weight excluding hydrogens is 182 g/mol. The van der Waals surface area contributed by atoms with Crippen LogP contribution in [0.25, 0.3) is 0 Å². The smallest absolute Gasteiger partial charge is 0.0410 e. The Morgan fingerprint density at radius 2 is 1.47 bits per heavy atom. The SMILES string of the molecule is Cc1ncc(C(C)(C)C)cc1C(C)(C)C. The highest BCUT2D eigenvalue weighted by molar-refractivity contribution is 5.33. The second-order valence-electron chi connectivity index (χ2n) is 6.36. The average Bonchev–Trinajstić information content (AvgIpc) is 2.00. The van der Waals surface area contributed by atoms with Crippen molar-refractivity contribution in [2.45, 2.75) is 59.3 Å². The molecule has 1 nitrogen and oxygen atoms in total. The lowest BCUT2D eigenvalue weighted by Crippen LogP contribution is -2.18. The van der Waals surface area contributed by atoms with Crippen LogP contribution < -0.4 is 0 Å². The van der Waals surface area contributed by atoms with E-state index in [1.54, 1.807) is 0 Å². The third-order valence-electron chi connectivity index (χ3n) is 2.76. The van der Waals surface area contributed by atoms with Crippen LogP contribution >= 0.6 is 0 Å². The van der Waals surface area contributed by atoms with Crippen molar-refractivity contribution < 1.29 is 0 Å². The van der Waals surface area contributed by atoms with Gasteiger partial charge in [0.1, 0.15) is 0 Å². The first kappa shape index (κ1) is 12.2. The Morgan fingerprint density at radius 3 is 1.87 bits per heavy atom. The zero-order valence-electron chi connectivity index (χ0n) is 11.1. The van der Waals surface area contributed by atoms with E-state index in [2.05, 4.69) is 59.5 Å². The van der Waals surface area contributed by atoms with Gasteiger partial charge in [-0.2, -0.15) is 0 Å². The Morgan fingerprint density at radius 1 is 0.933 bits per heavy atom. The average molecular weight is 205 g/mol. The maximum atomic E-state index is 4.51. The highest BCUT2D eigenvalue weighted by atomic mass is 14.7. The van der Waals surface area contributed by atoms with Crippen molar-refractivity contribution in [1.29, 1.82) is 0 Å². The predicted molar refractivity (Wildman–Crippen MR) is 66.4 cm³/mol. The van der Waals surface area contributed by atoms with Crippen molar-refractivity contribution in [3.8, 4) is 0 Å². The summed E-state index contributed by atoms with van der Waals surface area (Å²) in [7, 11) is 0. The highest BCUT2D eigenvalue weighted by Crippen LogP contribution is 2.29. The van der Waals surface area contributed by atoms with Gasteiger partial charge in [-0.25, -0.2) is 0 Å². The number of hydrogen-bond acceptors (Lipinski definition) is 1. The molecule has 0 aliphatic rings. The van der Waals surface area contributed by atoms with Gasteiger partial charge < -0.3 is 0 Å². The number of rotatable bonds is 0. The minimum absolute atomic E-state index is 0.179. The van der Waals surface area contributed by atoms with E-state index < -0.39 is 0 Å². The van der Waals surface area contributed by atoms with Gasteiger partial charge in [-0.3, -0.25) is 4.98 Å². The van der Waals surface area contributed by atoms with Gasteiger partial charge in [0, 0.05) is 11.9 Å². The Balaban J connectivity index is 3.30. The van der Waals surface area contributed by atoms with Crippen LogP contribution in [-0.4, -0.2) is 4.98 Å². The Bertz CT molecular complexity index is 351. The van der Waals surface area contributed by atoms with Crippen LogP contribution in [0.2, 0.25) is 0 Å². The summed E-state index contributed by atoms with van der Waals surface area (Å²) < 4.78 is 0. The van der Waals surface area contributed by atoms with Crippen molar-refractivity contribution in [2.24, 2.45) is 0 Å². The predicted octanol–water partition coefficient (Wildman–Crippen LogP) is 3.99. The van der Waals surface area contributed by atoms with Crippen molar-refractivity contribution >= 4 is 0 Å². The van der Waals surface area contributed by atoms with E-state index in [0.717, 1.165) is 5.69 Å². The third kappa shape index (κ3) is 2.80. The minimum Gasteiger partial charge on any atom is -0.261 e. The number of hydrogen-bond donors (Lipinski definition) is 0. The van der Waals surface area contributed by atoms with Gasteiger partial charge in [-0.15, -0.1) is 0 Å². The van der Waals surface area contributed by atoms with Crippen LogP contribution in [0.4, 0.5) is 0 Å². The van der Waals surface area contributed by atoms with Crippen molar-refractivity contribution in [2.75, 3.05) is 0 Å². The Hall–Kier alpha value is -0.850. The minimum atomic E-state index is 0.179. The summed E-state index contributed by atoms with van der Waals surface area (Å²) in [6.45, 7) is 15.5. The summed E-state index contributed by atoms with van der Waals surface area (Å²) in [5.74, 6) is 0. The van der Waals surface area contributed by atoms with Crippen LogP contribution in [0.15, 0.2) is 12.3 Å². The van der Waals surface area contributed by atoms with Gasteiger partial charge in [0.25, 0.3) is 0 Å². The third-order valence-corrected chi connectivity index (χ3v) is 2.76. The van der Waals surface area contributed by atoms with E-state index in [0.29, 0.717) is 0 Å². The molecule has 0 spiro atoms.